The summed E-state index contributed by atoms with van der Waals surface area (Å²) in [5.74, 6) is -4.81. The Morgan fingerprint density at radius 2 is 0.770 bits per heavy atom. The molecule has 2 amide bonds. The van der Waals surface area contributed by atoms with Gasteiger partial charge >= 0.3 is 59.9 Å². The van der Waals surface area contributed by atoms with Crippen molar-refractivity contribution in [3.63, 3.8) is 0 Å². The highest BCUT2D eigenvalue weighted by Gasteiger charge is 2.22. The quantitative estimate of drug-likeness (QED) is 0.0766. The summed E-state index contributed by atoms with van der Waals surface area (Å²) >= 11 is 2.91. The van der Waals surface area contributed by atoms with Gasteiger partial charge in [0, 0.05) is 27.7 Å². The number of carboxylic acid groups (broad SMARTS) is 1. The lowest BCUT2D eigenvalue weighted by atomic mass is 10.2. The van der Waals surface area contributed by atoms with Crippen molar-refractivity contribution in [2.45, 2.75) is 132 Å². The van der Waals surface area contributed by atoms with E-state index in [1.54, 1.807) is 41.5 Å². The zero-order valence-electron chi connectivity index (χ0n) is 36.7. The number of alkyl halides is 1. The molecule has 7 N–H and O–H groups in total. The normalized spacial score (nSPS) is 11.5. The van der Waals surface area contributed by atoms with Gasteiger partial charge in [-0.05, 0) is 85.2 Å². The van der Waals surface area contributed by atoms with E-state index in [9.17, 15) is 47.9 Å². The monoisotopic (exact) mass is 996 g/mol. The number of esters is 7. The predicted octanol–water partition coefficient (Wildman–Crippen LogP) is 2.49. The van der Waals surface area contributed by atoms with E-state index in [4.69, 9.17) is 26.0 Å². The van der Waals surface area contributed by atoms with Crippen molar-refractivity contribution in [1.29, 1.82) is 0 Å². The van der Waals surface area contributed by atoms with Gasteiger partial charge in [0.2, 0.25) is 20.4 Å². The number of halogens is 3. The molecule has 0 aromatic carbocycles. The molecule has 0 aliphatic heterocycles. The summed E-state index contributed by atoms with van der Waals surface area (Å²) in [5, 5.41) is 12.9. The molecule has 0 aliphatic rings. The standard InChI is InChI=1S/C11H19NO6.C8H15NO4.2C6H11NO4.C3H5BrO2.2ClH/c1-7(9(14)17-6-16-8(2)13)12-10(15)18-11(3,4)5;1-5(6(10)11)9-7(12)13-8(2,3)4;2*1-4(7)6(9)11-3-10-5(2)8;1-3(5)6-2-4;;/h7H,6H2,1-5H3,(H,12,15);5H,1-4H3,(H,9,12)(H,10,11);2*4H,3,7H2,1-2H3;2H2,1H3;2*1H/t7-;5-;2*4-;;;/m0000.../s1. The van der Waals surface area contributed by atoms with Crippen LogP contribution in [0.25, 0.3) is 0 Å². The highest BCUT2D eigenvalue weighted by Crippen LogP contribution is 2.07. The van der Waals surface area contributed by atoms with Crippen LogP contribution in [-0.2, 0) is 81.0 Å². The van der Waals surface area contributed by atoms with E-state index in [0.717, 1.165) is 0 Å². The van der Waals surface area contributed by atoms with Gasteiger partial charge in [-0.15, -0.1) is 24.8 Å². The predicted molar refractivity (Wildman–Crippen MR) is 221 cm³/mol. The molecule has 4 atom stereocenters. The first-order chi connectivity index (χ1) is 26.7. The maximum atomic E-state index is 11.3. The Labute approximate surface area is 375 Å². The minimum absolute atomic E-state index is 0. The van der Waals surface area contributed by atoms with E-state index >= 15 is 0 Å². The molecular formula is C34H63BrCl2N4O20. The summed E-state index contributed by atoms with van der Waals surface area (Å²) in [6.45, 7) is 19.8. The molecule has 24 nitrogen and oxygen atoms in total. The molecule has 27 heteroatoms. The smallest absolute Gasteiger partial charge is 0.408 e. The third-order valence-electron chi connectivity index (χ3n) is 4.58. The maximum Gasteiger partial charge on any atom is 0.408 e. The fourth-order valence-corrected chi connectivity index (χ4v) is 2.39. The van der Waals surface area contributed by atoms with E-state index in [2.05, 4.69) is 59.7 Å². The molecular weight excluding hydrogens is 935 g/mol. The van der Waals surface area contributed by atoms with Gasteiger partial charge in [-0.3, -0.25) is 33.6 Å². The van der Waals surface area contributed by atoms with Gasteiger partial charge in [0.05, 0.1) is 0 Å². The molecule has 0 radical (unpaired) electrons. The lowest BCUT2D eigenvalue weighted by Gasteiger charge is -2.21. The summed E-state index contributed by atoms with van der Waals surface area (Å²) in [4.78, 5) is 106. The Bertz CT molecular complexity index is 1310. The average molecular weight is 999 g/mol. The Morgan fingerprint density at radius 3 is 0.967 bits per heavy atom. The second-order valence-corrected chi connectivity index (χ2v) is 13.5. The molecule has 0 rings (SSSR count). The second-order valence-electron chi connectivity index (χ2n) is 13.0. The van der Waals surface area contributed by atoms with Gasteiger partial charge < -0.3 is 69.8 Å². The molecule has 0 unspecified atom stereocenters. The van der Waals surface area contributed by atoms with Gasteiger partial charge in [-0.1, -0.05) is 0 Å². The van der Waals surface area contributed by atoms with Crippen LogP contribution in [0.4, 0.5) is 9.59 Å². The highest BCUT2D eigenvalue weighted by molar-refractivity contribution is 9.09. The Hall–Kier alpha value is -4.72. The number of aliphatic carboxylic acids is 1. The number of carbonyl (C=O) groups excluding carboxylic acids is 9. The van der Waals surface area contributed by atoms with Crippen LogP contribution >= 0.6 is 40.7 Å². The molecule has 61 heavy (non-hydrogen) atoms. The molecule has 0 spiro atoms. The van der Waals surface area contributed by atoms with Crippen LogP contribution in [0, 0.1) is 0 Å². The molecule has 0 fully saturated rings. The number of ether oxygens (including phenoxy) is 9. The second kappa shape index (κ2) is 39.4. The van der Waals surface area contributed by atoms with Crippen LogP contribution in [0.1, 0.15) is 96.9 Å². The topological polar surface area (TPSA) is 350 Å². The minimum atomic E-state index is -1.09. The number of rotatable bonds is 13. The fourth-order valence-electron chi connectivity index (χ4n) is 2.07. The Kier molecular flexibility index (Phi) is 45.8. The molecule has 0 aromatic heterocycles. The fraction of sp³-hybridized carbons (Fsp3) is 0.706. The van der Waals surface area contributed by atoms with E-state index < -0.39 is 96.1 Å². The number of carbonyl (C=O) groups is 10. The van der Waals surface area contributed by atoms with Crippen molar-refractivity contribution in [2.24, 2.45) is 11.5 Å². The van der Waals surface area contributed by atoms with Crippen LogP contribution in [0.5, 0.6) is 0 Å². The Balaban J connectivity index is -0.000000123. The number of alkyl carbamates (subject to hydrolysis) is 2. The van der Waals surface area contributed by atoms with E-state index in [0.29, 0.717) is 5.52 Å². The van der Waals surface area contributed by atoms with Gasteiger partial charge in [-0.2, -0.15) is 0 Å². The van der Waals surface area contributed by atoms with Crippen molar-refractivity contribution >= 4 is 101 Å². The van der Waals surface area contributed by atoms with Crippen molar-refractivity contribution < 1.29 is 95.7 Å². The van der Waals surface area contributed by atoms with Crippen LogP contribution in [0.15, 0.2) is 0 Å². The van der Waals surface area contributed by atoms with Crippen molar-refractivity contribution in [3.8, 4) is 0 Å². The molecule has 0 aliphatic carbocycles. The molecule has 0 heterocycles. The van der Waals surface area contributed by atoms with E-state index in [-0.39, 0.29) is 44.4 Å². The van der Waals surface area contributed by atoms with Gasteiger partial charge in [-0.25, -0.2) is 14.4 Å². The lowest BCUT2D eigenvalue weighted by molar-refractivity contribution is -0.168. The molecule has 0 saturated carbocycles. The van der Waals surface area contributed by atoms with Crippen molar-refractivity contribution in [1.82, 2.24) is 10.6 Å². The summed E-state index contributed by atoms with van der Waals surface area (Å²) in [6.07, 6.45) is -1.44. The molecule has 0 saturated heterocycles. The third-order valence-corrected chi connectivity index (χ3v) is 4.81. The zero-order valence-corrected chi connectivity index (χ0v) is 39.9. The number of nitrogens with two attached hydrogens (primary N) is 2. The zero-order chi connectivity index (χ0) is 47.7. The van der Waals surface area contributed by atoms with Gasteiger partial charge in [0.25, 0.3) is 0 Å². The molecule has 360 valence electrons. The number of carboxylic acids is 1. The van der Waals surface area contributed by atoms with Crippen molar-refractivity contribution in [3.05, 3.63) is 0 Å². The highest BCUT2D eigenvalue weighted by atomic mass is 79.9. The van der Waals surface area contributed by atoms with Gasteiger partial charge in [0.15, 0.2) is 0 Å². The molecule has 0 bridgehead atoms. The van der Waals surface area contributed by atoms with Crippen LogP contribution in [-0.4, -0.2) is 126 Å². The van der Waals surface area contributed by atoms with E-state index in [1.807, 2.05) is 0 Å². The van der Waals surface area contributed by atoms with Crippen molar-refractivity contribution in [2.75, 3.05) is 25.9 Å². The summed E-state index contributed by atoms with van der Waals surface area (Å²) in [6, 6.07) is -3.21. The number of amides is 2. The summed E-state index contributed by atoms with van der Waals surface area (Å²) in [5.41, 5.74) is 9.31. The minimum Gasteiger partial charge on any atom is -0.480 e. The van der Waals surface area contributed by atoms with Gasteiger partial charge in [0.1, 0.15) is 40.9 Å². The van der Waals surface area contributed by atoms with Crippen LogP contribution < -0.4 is 22.1 Å². The van der Waals surface area contributed by atoms with Crippen LogP contribution in [0.3, 0.4) is 0 Å². The number of nitrogens with one attached hydrogen (secondary N) is 2. The summed E-state index contributed by atoms with van der Waals surface area (Å²) < 4.78 is 40.6. The SMILES string of the molecule is CC(=O)OCBr.CC(=O)OCOC(=O)[C@H](C)N.CC(=O)OCOC(=O)[C@H](C)N.CC(=O)OCOC(=O)[C@H](C)NC(=O)OC(C)(C)C.C[C@H](NC(=O)OC(C)(C)C)C(=O)O.Cl.Cl. The number of hydrogen-bond donors (Lipinski definition) is 5. The van der Waals surface area contributed by atoms with E-state index in [1.165, 1.54) is 55.4 Å². The van der Waals surface area contributed by atoms with Crippen LogP contribution in [0.2, 0.25) is 0 Å². The number of hydrogen-bond acceptors (Lipinski definition) is 21. The first kappa shape index (κ1) is 70.8. The third kappa shape index (κ3) is 62.1. The Morgan fingerprint density at radius 1 is 0.508 bits per heavy atom. The largest absolute Gasteiger partial charge is 0.480 e. The lowest BCUT2D eigenvalue weighted by Crippen LogP contribution is -2.42. The average Bonchev–Trinajstić information content (AvgIpc) is 3.03. The summed E-state index contributed by atoms with van der Waals surface area (Å²) in [7, 11) is 0. The first-order valence-corrected chi connectivity index (χ1v) is 18.1. The molecule has 0 aromatic rings. The maximum absolute atomic E-state index is 11.3. The first-order valence-electron chi connectivity index (χ1n) is 17.0.